The lowest BCUT2D eigenvalue weighted by molar-refractivity contribution is 0.102. The van der Waals surface area contributed by atoms with Crippen molar-refractivity contribution in [2.24, 2.45) is 0 Å². The van der Waals surface area contributed by atoms with Crippen molar-refractivity contribution in [3.8, 4) is 5.75 Å². The van der Waals surface area contributed by atoms with Crippen LogP contribution >= 0.6 is 23.2 Å². The summed E-state index contributed by atoms with van der Waals surface area (Å²) in [4.78, 5) is 12.6. The predicted octanol–water partition coefficient (Wildman–Crippen LogP) is 5.36. The second kappa shape index (κ2) is 8.95. The van der Waals surface area contributed by atoms with Gasteiger partial charge in [-0.15, -0.1) is 0 Å². The molecule has 0 saturated heterocycles. The maximum atomic E-state index is 12.7. The molecule has 9 heteroatoms. The molecule has 0 atom stereocenters. The van der Waals surface area contributed by atoms with Crippen LogP contribution in [0.1, 0.15) is 15.9 Å². The van der Waals surface area contributed by atoms with Gasteiger partial charge in [0.05, 0.1) is 23.3 Å². The molecule has 0 radical (unpaired) electrons. The Morgan fingerprint density at radius 3 is 2.23 bits per heavy atom. The van der Waals surface area contributed by atoms with E-state index in [1.807, 2.05) is 0 Å². The van der Waals surface area contributed by atoms with Crippen LogP contribution in [0.2, 0.25) is 10.0 Å². The van der Waals surface area contributed by atoms with Crippen LogP contribution in [-0.2, 0) is 10.0 Å². The Bertz CT molecular complexity index is 1200. The van der Waals surface area contributed by atoms with Gasteiger partial charge in [-0.25, -0.2) is 8.42 Å². The van der Waals surface area contributed by atoms with Gasteiger partial charge < -0.3 is 10.1 Å². The quantitative estimate of drug-likeness (QED) is 0.513. The molecule has 0 aliphatic rings. The smallest absolute Gasteiger partial charge is 0.261 e. The molecule has 0 aliphatic carbocycles. The van der Waals surface area contributed by atoms with Crippen LogP contribution in [0.4, 0.5) is 11.4 Å². The molecule has 0 bridgehead atoms. The van der Waals surface area contributed by atoms with Crippen LogP contribution in [0, 0.1) is 6.92 Å². The SMILES string of the molecule is COc1ccc(Cl)cc1C(=O)Nc1ccc(S(=O)(=O)Nc2cc(Cl)ccc2C)cc1. The minimum atomic E-state index is -3.83. The van der Waals surface area contributed by atoms with E-state index in [-0.39, 0.29) is 10.5 Å². The number of ether oxygens (including phenoxy) is 1. The van der Waals surface area contributed by atoms with Gasteiger partial charge in [0.1, 0.15) is 5.75 Å². The zero-order valence-corrected chi connectivity index (χ0v) is 18.4. The lowest BCUT2D eigenvalue weighted by atomic mass is 10.2. The van der Waals surface area contributed by atoms with Crippen molar-refractivity contribution in [1.82, 2.24) is 0 Å². The fraction of sp³-hybridized carbons (Fsp3) is 0.0952. The van der Waals surface area contributed by atoms with Gasteiger partial charge in [-0.3, -0.25) is 9.52 Å². The molecule has 30 heavy (non-hydrogen) atoms. The first-order valence-corrected chi connectivity index (χ1v) is 11.0. The van der Waals surface area contributed by atoms with Gasteiger partial charge in [0.25, 0.3) is 15.9 Å². The number of halogens is 2. The number of rotatable bonds is 6. The molecule has 0 fully saturated rings. The number of hydrogen-bond acceptors (Lipinski definition) is 4. The standard InChI is InChI=1S/C21H18Cl2N2O4S/c1-13-3-4-15(23)12-19(13)25-30(27,28)17-8-6-16(7-9-17)24-21(26)18-11-14(22)5-10-20(18)29-2/h3-12,25H,1-2H3,(H,24,26). The van der Waals surface area contributed by atoms with Crippen LogP contribution in [0.15, 0.2) is 65.6 Å². The molecule has 2 N–H and O–H groups in total. The summed E-state index contributed by atoms with van der Waals surface area (Å²) in [6.07, 6.45) is 0. The minimum Gasteiger partial charge on any atom is -0.496 e. The van der Waals surface area contributed by atoms with Crippen molar-refractivity contribution in [2.75, 3.05) is 17.1 Å². The van der Waals surface area contributed by atoms with E-state index in [2.05, 4.69) is 10.0 Å². The number of methoxy groups -OCH3 is 1. The van der Waals surface area contributed by atoms with E-state index in [1.165, 1.54) is 37.4 Å². The first-order chi connectivity index (χ1) is 14.2. The van der Waals surface area contributed by atoms with Crippen molar-refractivity contribution in [3.63, 3.8) is 0 Å². The Hall–Kier alpha value is -2.74. The molecule has 3 rings (SSSR count). The Kier molecular flexibility index (Phi) is 6.55. The molecular weight excluding hydrogens is 447 g/mol. The van der Waals surface area contributed by atoms with Crippen molar-refractivity contribution >= 4 is 50.5 Å². The molecule has 156 valence electrons. The highest BCUT2D eigenvalue weighted by molar-refractivity contribution is 7.92. The van der Waals surface area contributed by atoms with Crippen LogP contribution in [-0.4, -0.2) is 21.4 Å². The first-order valence-electron chi connectivity index (χ1n) is 8.73. The molecule has 1 amide bonds. The largest absolute Gasteiger partial charge is 0.496 e. The Morgan fingerprint density at radius 1 is 0.933 bits per heavy atom. The van der Waals surface area contributed by atoms with E-state index in [4.69, 9.17) is 27.9 Å². The van der Waals surface area contributed by atoms with Gasteiger partial charge in [0.15, 0.2) is 0 Å². The third-order valence-electron chi connectivity index (χ3n) is 4.27. The van der Waals surface area contributed by atoms with Gasteiger partial charge in [-0.05, 0) is 67.1 Å². The van der Waals surface area contributed by atoms with Crippen molar-refractivity contribution < 1.29 is 17.9 Å². The van der Waals surface area contributed by atoms with Crippen LogP contribution < -0.4 is 14.8 Å². The number of anilines is 2. The van der Waals surface area contributed by atoms with Crippen LogP contribution in [0.25, 0.3) is 0 Å². The van der Waals surface area contributed by atoms with E-state index in [9.17, 15) is 13.2 Å². The number of carbonyl (C=O) groups is 1. The number of sulfonamides is 1. The van der Waals surface area contributed by atoms with E-state index < -0.39 is 15.9 Å². The second-order valence-electron chi connectivity index (χ2n) is 6.39. The average Bonchev–Trinajstić information content (AvgIpc) is 2.71. The number of benzene rings is 3. The van der Waals surface area contributed by atoms with E-state index >= 15 is 0 Å². The number of aryl methyl sites for hydroxylation is 1. The number of hydrogen-bond donors (Lipinski definition) is 2. The predicted molar refractivity (Wildman–Crippen MR) is 119 cm³/mol. The lowest BCUT2D eigenvalue weighted by Crippen LogP contribution is -2.15. The topological polar surface area (TPSA) is 84.5 Å². The number of carbonyl (C=O) groups excluding carboxylic acids is 1. The van der Waals surface area contributed by atoms with Gasteiger partial charge in [0.2, 0.25) is 0 Å². The van der Waals surface area contributed by atoms with Crippen molar-refractivity contribution in [3.05, 3.63) is 81.8 Å². The van der Waals surface area contributed by atoms with Crippen molar-refractivity contribution in [2.45, 2.75) is 11.8 Å². The molecule has 0 saturated carbocycles. The van der Waals surface area contributed by atoms with Crippen LogP contribution in [0.3, 0.4) is 0 Å². The first kappa shape index (κ1) is 22.0. The molecule has 6 nitrogen and oxygen atoms in total. The number of amides is 1. The Labute approximate surface area is 184 Å². The monoisotopic (exact) mass is 464 g/mol. The Morgan fingerprint density at radius 2 is 1.57 bits per heavy atom. The van der Waals surface area contributed by atoms with Gasteiger partial charge in [0, 0.05) is 15.7 Å². The van der Waals surface area contributed by atoms with Gasteiger partial charge >= 0.3 is 0 Å². The maximum absolute atomic E-state index is 12.7. The summed E-state index contributed by atoms with van der Waals surface area (Å²) >= 11 is 11.9. The molecule has 0 heterocycles. The molecule has 0 aliphatic heterocycles. The summed E-state index contributed by atoms with van der Waals surface area (Å²) in [5, 5.41) is 3.51. The molecular formula is C21H18Cl2N2O4S. The summed E-state index contributed by atoms with van der Waals surface area (Å²) in [7, 11) is -2.37. The minimum absolute atomic E-state index is 0.0419. The molecule has 3 aromatic rings. The van der Waals surface area contributed by atoms with E-state index in [1.54, 1.807) is 37.3 Å². The zero-order valence-electron chi connectivity index (χ0n) is 16.1. The lowest BCUT2D eigenvalue weighted by Gasteiger charge is -2.12. The summed E-state index contributed by atoms with van der Waals surface area (Å²) in [6.45, 7) is 1.77. The Balaban J connectivity index is 1.78. The highest BCUT2D eigenvalue weighted by atomic mass is 35.5. The second-order valence-corrected chi connectivity index (χ2v) is 8.94. The molecule has 0 aromatic heterocycles. The maximum Gasteiger partial charge on any atom is 0.261 e. The molecule has 0 spiro atoms. The van der Waals surface area contributed by atoms with Crippen molar-refractivity contribution in [1.29, 1.82) is 0 Å². The van der Waals surface area contributed by atoms with Gasteiger partial charge in [-0.2, -0.15) is 0 Å². The fourth-order valence-corrected chi connectivity index (χ4v) is 4.15. The van der Waals surface area contributed by atoms with Gasteiger partial charge in [-0.1, -0.05) is 29.3 Å². The summed E-state index contributed by atoms with van der Waals surface area (Å²) in [6, 6.07) is 15.4. The summed E-state index contributed by atoms with van der Waals surface area (Å²) < 4.78 is 33.0. The third kappa shape index (κ3) is 5.05. The summed E-state index contributed by atoms with van der Waals surface area (Å²) in [5.41, 5.74) is 1.81. The normalized spacial score (nSPS) is 11.1. The third-order valence-corrected chi connectivity index (χ3v) is 6.12. The molecule has 3 aromatic carbocycles. The van der Waals surface area contributed by atoms with E-state index in [0.29, 0.717) is 27.2 Å². The highest BCUT2D eigenvalue weighted by Crippen LogP contribution is 2.26. The average molecular weight is 465 g/mol. The van der Waals surface area contributed by atoms with Crippen LogP contribution in [0.5, 0.6) is 5.75 Å². The fourth-order valence-electron chi connectivity index (χ4n) is 2.68. The zero-order chi connectivity index (χ0) is 21.9. The summed E-state index contributed by atoms with van der Waals surface area (Å²) in [5.74, 6) is -0.0603. The number of nitrogens with one attached hydrogen (secondary N) is 2. The van der Waals surface area contributed by atoms with E-state index in [0.717, 1.165) is 5.56 Å². The highest BCUT2D eigenvalue weighted by Gasteiger charge is 2.17. The molecule has 0 unspecified atom stereocenters.